The molecule has 0 saturated carbocycles. The van der Waals surface area contributed by atoms with Crippen LogP contribution in [0.4, 0.5) is 0 Å². The maximum Gasteiger partial charge on any atom is 0.243 e. The fourth-order valence-electron chi connectivity index (χ4n) is 6.18. The number of piperidine rings is 1. The van der Waals surface area contributed by atoms with Crippen molar-refractivity contribution in [3.63, 3.8) is 0 Å². The van der Waals surface area contributed by atoms with Gasteiger partial charge in [-0.05, 0) is 46.9 Å². The van der Waals surface area contributed by atoms with E-state index >= 15 is 0 Å². The van der Waals surface area contributed by atoms with E-state index in [0.29, 0.717) is 31.0 Å². The predicted molar refractivity (Wildman–Crippen MR) is 158 cm³/mol. The molecule has 0 spiro atoms. The van der Waals surface area contributed by atoms with Gasteiger partial charge < -0.3 is 4.90 Å². The van der Waals surface area contributed by atoms with E-state index in [-0.39, 0.29) is 24.4 Å². The summed E-state index contributed by atoms with van der Waals surface area (Å²) in [5, 5.41) is 1.91. The molecule has 6 rings (SSSR count). The SMILES string of the molecule is O=C([C@H]1CCCN(S(=O)(=O)c2ccc3ccccc3c2)C1)N1CCN(C(c2ccccc2)c2ccccc2)CC1. The van der Waals surface area contributed by atoms with Crippen molar-refractivity contribution in [1.29, 1.82) is 0 Å². The number of carbonyl (C=O) groups excluding carboxylic acids is 1. The van der Waals surface area contributed by atoms with E-state index < -0.39 is 10.0 Å². The first-order chi connectivity index (χ1) is 19.5. The van der Waals surface area contributed by atoms with E-state index in [0.717, 1.165) is 30.3 Å². The van der Waals surface area contributed by atoms with Gasteiger partial charge in [-0.15, -0.1) is 0 Å². The molecule has 0 bridgehead atoms. The molecular weight excluding hydrogens is 518 g/mol. The summed E-state index contributed by atoms with van der Waals surface area (Å²) in [7, 11) is -3.68. The van der Waals surface area contributed by atoms with E-state index in [2.05, 4.69) is 53.4 Å². The number of nitrogens with zero attached hydrogens (tertiary/aromatic N) is 3. The lowest BCUT2D eigenvalue weighted by atomic mass is 9.95. The summed E-state index contributed by atoms with van der Waals surface area (Å²) >= 11 is 0. The van der Waals surface area contributed by atoms with Crippen LogP contribution in [0.2, 0.25) is 0 Å². The van der Waals surface area contributed by atoms with Crippen LogP contribution in [0.5, 0.6) is 0 Å². The molecule has 206 valence electrons. The van der Waals surface area contributed by atoms with Gasteiger partial charge >= 0.3 is 0 Å². The average molecular weight is 554 g/mol. The van der Waals surface area contributed by atoms with Crippen LogP contribution in [0, 0.1) is 5.92 Å². The third-order valence-corrected chi connectivity index (χ3v) is 10.2. The first kappa shape index (κ1) is 26.7. The smallest absolute Gasteiger partial charge is 0.243 e. The number of fused-ring (bicyclic) bond motifs is 1. The van der Waals surface area contributed by atoms with E-state index in [1.54, 1.807) is 12.1 Å². The van der Waals surface area contributed by atoms with Crippen LogP contribution >= 0.6 is 0 Å². The van der Waals surface area contributed by atoms with Gasteiger partial charge in [0.05, 0.1) is 16.9 Å². The third kappa shape index (κ3) is 5.42. The van der Waals surface area contributed by atoms with Crippen molar-refractivity contribution < 1.29 is 13.2 Å². The number of amides is 1. The monoisotopic (exact) mass is 553 g/mol. The topological polar surface area (TPSA) is 60.9 Å². The summed E-state index contributed by atoms with van der Waals surface area (Å²) in [5.41, 5.74) is 2.49. The van der Waals surface area contributed by atoms with Crippen molar-refractivity contribution in [3.8, 4) is 0 Å². The molecule has 0 aromatic heterocycles. The van der Waals surface area contributed by atoms with E-state index in [9.17, 15) is 13.2 Å². The second-order valence-corrected chi connectivity index (χ2v) is 12.7. The van der Waals surface area contributed by atoms with Crippen LogP contribution < -0.4 is 0 Å². The van der Waals surface area contributed by atoms with Crippen molar-refractivity contribution in [2.45, 2.75) is 23.8 Å². The van der Waals surface area contributed by atoms with Crippen LogP contribution in [0.25, 0.3) is 10.8 Å². The minimum absolute atomic E-state index is 0.0778. The predicted octanol–water partition coefficient (Wildman–Crippen LogP) is 5.17. The molecule has 0 aliphatic carbocycles. The normalized spacial score (nSPS) is 19.2. The van der Waals surface area contributed by atoms with Crippen molar-refractivity contribution in [3.05, 3.63) is 114 Å². The Bertz CT molecular complexity index is 1530. The second-order valence-electron chi connectivity index (χ2n) is 10.8. The summed E-state index contributed by atoms with van der Waals surface area (Å²) in [4.78, 5) is 18.3. The van der Waals surface area contributed by atoms with Gasteiger partial charge in [-0.3, -0.25) is 9.69 Å². The van der Waals surface area contributed by atoms with E-state index in [1.165, 1.54) is 15.4 Å². The molecule has 2 saturated heterocycles. The molecular formula is C33H35N3O3S. The van der Waals surface area contributed by atoms with E-state index in [4.69, 9.17) is 0 Å². The van der Waals surface area contributed by atoms with Gasteiger partial charge in [0.25, 0.3) is 0 Å². The highest BCUT2D eigenvalue weighted by atomic mass is 32.2. The molecule has 0 unspecified atom stereocenters. The third-order valence-electron chi connectivity index (χ3n) is 8.31. The Morgan fingerprint density at radius 2 is 1.30 bits per heavy atom. The highest BCUT2D eigenvalue weighted by Gasteiger charge is 2.36. The van der Waals surface area contributed by atoms with E-state index in [1.807, 2.05) is 47.4 Å². The van der Waals surface area contributed by atoms with Gasteiger partial charge in [0, 0.05) is 39.3 Å². The molecule has 0 N–H and O–H groups in total. The van der Waals surface area contributed by atoms with Crippen LogP contribution in [-0.4, -0.2) is 67.7 Å². The Kier molecular flexibility index (Phi) is 7.69. The number of hydrogen-bond donors (Lipinski definition) is 0. The summed E-state index contributed by atoms with van der Waals surface area (Å²) in [5.74, 6) is -0.233. The summed E-state index contributed by atoms with van der Waals surface area (Å²) in [6, 6.07) is 34.2. The highest BCUT2D eigenvalue weighted by Crippen LogP contribution is 2.31. The van der Waals surface area contributed by atoms with Crippen LogP contribution in [0.15, 0.2) is 108 Å². The van der Waals surface area contributed by atoms with Crippen LogP contribution in [0.3, 0.4) is 0 Å². The van der Waals surface area contributed by atoms with Gasteiger partial charge in [0.15, 0.2) is 0 Å². The minimum Gasteiger partial charge on any atom is -0.340 e. The zero-order valence-electron chi connectivity index (χ0n) is 22.6. The summed E-state index contributed by atoms with van der Waals surface area (Å²) < 4.78 is 28.6. The molecule has 2 heterocycles. The zero-order chi connectivity index (χ0) is 27.5. The number of benzene rings is 4. The molecule has 7 heteroatoms. The van der Waals surface area contributed by atoms with Gasteiger partial charge in [0.1, 0.15) is 0 Å². The molecule has 4 aromatic rings. The zero-order valence-corrected chi connectivity index (χ0v) is 23.4. The molecule has 1 amide bonds. The Labute approximate surface area is 236 Å². The van der Waals surface area contributed by atoms with Crippen molar-refractivity contribution >= 4 is 26.7 Å². The van der Waals surface area contributed by atoms with Gasteiger partial charge in [-0.1, -0.05) is 91.0 Å². The van der Waals surface area contributed by atoms with Crippen molar-refractivity contribution in [1.82, 2.24) is 14.1 Å². The van der Waals surface area contributed by atoms with Crippen LogP contribution in [0.1, 0.15) is 30.0 Å². The van der Waals surface area contributed by atoms with Gasteiger partial charge in [-0.25, -0.2) is 8.42 Å². The number of sulfonamides is 1. The summed E-state index contributed by atoms with van der Waals surface area (Å²) in [6.45, 7) is 3.51. The Balaban J connectivity index is 1.13. The minimum atomic E-state index is -3.68. The standard InChI is InChI=1S/C33H35N3O3S/c37-33(30-16-9-19-36(25-30)40(38,39)31-18-17-26-10-7-8-15-29(26)24-31)35-22-20-34(21-23-35)32(27-11-3-1-4-12-27)28-13-5-2-6-14-28/h1-8,10-15,17-18,24,30,32H,9,16,19-23,25H2/t30-/m0/s1. The molecule has 0 radical (unpaired) electrons. The van der Waals surface area contributed by atoms with Crippen LogP contribution in [-0.2, 0) is 14.8 Å². The molecule has 2 fully saturated rings. The summed E-state index contributed by atoms with van der Waals surface area (Å²) in [6.07, 6.45) is 1.41. The number of rotatable bonds is 6. The molecule has 2 aliphatic heterocycles. The molecule has 2 aliphatic rings. The lowest BCUT2D eigenvalue weighted by molar-refractivity contribution is -0.138. The number of piperazine rings is 1. The maximum absolute atomic E-state index is 13.6. The quantitative estimate of drug-likeness (QED) is 0.330. The highest BCUT2D eigenvalue weighted by molar-refractivity contribution is 7.89. The molecule has 1 atom stereocenters. The lowest BCUT2D eigenvalue weighted by Crippen LogP contribution is -2.53. The largest absolute Gasteiger partial charge is 0.340 e. The van der Waals surface area contributed by atoms with Gasteiger partial charge in [-0.2, -0.15) is 4.31 Å². The fourth-order valence-corrected chi connectivity index (χ4v) is 7.74. The average Bonchev–Trinajstić information content (AvgIpc) is 3.02. The first-order valence-electron chi connectivity index (χ1n) is 14.1. The number of hydrogen-bond acceptors (Lipinski definition) is 4. The first-order valence-corrected chi connectivity index (χ1v) is 15.6. The van der Waals surface area contributed by atoms with Crippen molar-refractivity contribution in [2.75, 3.05) is 39.3 Å². The Morgan fingerprint density at radius 3 is 1.95 bits per heavy atom. The fraction of sp³-hybridized carbons (Fsp3) is 0.303. The van der Waals surface area contributed by atoms with Gasteiger partial charge in [0.2, 0.25) is 15.9 Å². The molecule has 6 nitrogen and oxygen atoms in total. The second kappa shape index (κ2) is 11.5. The maximum atomic E-state index is 13.6. The molecule has 4 aromatic carbocycles. The number of carbonyl (C=O) groups is 1. The Morgan fingerprint density at radius 1 is 0.700 bits per heavy atom. The molecule has 40 heavy (non-hydrogen) atoms. The van der Waals surface area contributed by atoms with Crippen molar-refractivity contribution in [2.24, 2.45) is 5.92 Å². The Hall–Kier alpha value is -3.52. The lowest BCUT2D eigenvalue weighted by Gasteiger charge is -2.41.